The number of ether oxygens (including phenoxy) is 2. The summed E-state index contributed by atoms with van der Waals surface area (Å²) in [6.45, 7) is 2.22. The number of hydrogen-bond donors (Lipinski definition) is 1. The van der Waals surface area contributed by atoms with Gasteiger partial charge in [-0.2, -0.15) is 0 Å². The van der Waals surface area contributed by atoms with E-state index >= 15 is 0 Å². The monoisotopic (exact) mass is 435 g/mol. The van der Waals surface area contributed by atoms with E-state index in [9.17, 15) is 0 Å². The van der Waals surface area contributed by atoms with Crippen LogP contribution in [0.25, 0.3) is 0 Å². The summed E-state index contributed by atoms with van der Waals surface area (Å²) >= 11 is 0. The molecule has 3 heteroatoms. The molecule has 0 spiro atoms. The van der Waals surface area contributed by atoms with Crippen LogP contribution in [0.2, 0.25) is 0 Å². The molecule has 0 bridgehead atoms. The second-order valence-electron chi connectivity index (χ2n) is 8.43. The van der Waals surface area contributed by atoms with E-state index in [0.29, 0.717) is 13.2 Å². The van der Waals surface area contributed by atoms with E-state index in [4.69, 9.17) is 9.47 Å². The summed E-state index contributed by atoms with van der Waals surface area (Å²) < 4.78 is 12.0. The van der Waals surface area contributed by atoms with Crippen molar-refractivity contribution in [1.29, 1.82) is 0 Å². The maximum Gasteiger partial charge on any atom is 0.120 e. The van der Waals surface area contributed by atoms with Gasteiger partial charge >= 0.3 is 0 Å². The van der Waals surface area contributed by atoms with Crippen LogP contribution in [0.15, 0.2) is 103 Å². The minimum atomic E-state index is 0.190. The summed E-state index contributed by atoms with van der Waals surface area (Å²) in [7, 11) is 0. The van der Waals surface area contributed by atoms with E-state index in [0.717, 1.165) is 30.9 Å². The van der Waals surface area contributed by atoms with Crippen molar-refractivity contribution in [3.8, 4) is 11.5 Å². The number of hydrogen-bond acceptors (Lipinski definition) is 3. The molecule has 1 N–H and O–H groups in total. The first-order chi connectivity index (χ1) is 16.3. The van der Waals surface area contributed by atoms with Crippen LogP contribution >= 0.6 is 0 Å². The third-order valence-electron chi connectivity index (χ3n) is 6.13. The smallest absolute Gasteiger partial charge is 0.120 e. The van der Waals surface area contributed by atoms with Crippen molar-refractivity contribution in [2.75, 3.05) is 13.2 Å². The Labute approximate surface area is 196 Å². The Bertz CT molecular complexity index is 1160. The largest absolute Gasteiger partial charge is 0.493 e. The van der Waals surface area contributed by atoms with E-state index in [1.54, 1.807) is 0 Å². The number of benzene rings is 4. The molecule has 1 aliphatic heterocycles. The molecule has 5 rings (SSSR count). The van der Waals surface area contributed by atoms with Crippen LogP contribution in [0.5, 0.6) is 11.5 Å². The second-order valence-corrected chi connectivity index (χ2v) is 8.43. The van der Waals surface area contributed by atoms with Crippen molar-refractivity contribution in [2.24, 2.45) is 0 Å². The van der Waals surface area contributed by atoms with Crippen molar-refractivity contribution in [3.05, 3.63) is 131 Å². The van der Waals surface area contributed by atoms with Gasteiger partial charge in [0.1, 0.15) is 18.1 Å². The van der Waals surface area contributed by atoms with Crippen LogP contribution in [-0.4, -0.2) is 13.2 Å². The molecule has 4 aromatic carbocycles. The fraction of sp³-hybridized carbons (Fsp3) is 0.200. The lowest BCUT2D eigenvalue weighted by Gasteiger charge is -2.28. The zero-order chi connectivity index (χ0) is 22.3. The standard InChI is InChI=1S/C30H29NO2/c1-3-7-23(8-4-1)18-20-32-27-13-11-25(12-14-27)30-29-16-15-28(21-26(29)17-19-31-30)33-22-24-9-5-2-6-10-24/h1-16,21,30-31H,17-20,22H2. The molecule has 0 radical (unpaired) electrons. The van der Waals surface area contributed by atoms with Gasteiger partial charge in [-0.05, 0) is 58.5 Å². The van der Waals surface area contributed by atoms with Gasteiger partial charge in [-0.15, -0.1) is 0 Å². The van der Waals surface area contributed by atoms with Crippen molar-refractivity contribution >= 4 is 0 Å². The lowest BCUT2D eigenvalue weighted by molar-refractivity contribution is 0.305. The van der Waals surface area contributed by atoms with E-state index < -0.39 is 0 Å². The van der Waals surface area contributed by atoms with Crippen LogP contribution in [-0.2, 0) is 19.4 Å². The van der Waals surface area contributed by atoms with Crippen LogP contribution in [0.1, 0.15) is 33.9 Å². The Kier molecular flexibility index (Phi) is 6.69. The van der Waals surface area contributed by atoms with Crippen molar-refractivity contribution in [2.45, 2.75) is 25.5 Å². The highest BCUT2D eigenvalue weighted by atomic mass is 16.5. The summed E-state index contributed by atoms with van der Waals surface area (Å²) in [5, 5.41) is 3.67. The summed E-state index contributed by atoms with van der Waals surface area (Å²) in [4.78, 5) is 0. The number of rotatable bonds is 8. The molecule has 1 heterocycles. The molecule has 1 atom stereocenters. The molecule has 0 amide bonds. The van der Waals surface area contributed by atoms with Gasteiger partial charge in [-0.3, -0.25) is 0 Å². The molecule has 0 aromatic heterocycles. The minimum Gasteiger partial charge on any atom is -0.493 e. The summed E-state index contributed by atoms with van der Waals surface area (Å²) in [6, 6.07) is 35.9. The van der Waals surface area contributed by atoms with Crippen LogP contribution in [0.3, 0.4) is 0 Å². The predicted octanol–water partition coefficient (Wildman–Crippen LogP) is 6.12. The zero-order valence-corrected chi connectivity index (χ0v) is 18.7. The molecule has 1 unspecified atom stereocenters. The molecule has 33 heavy (non-hydrogen) atoms. The van der Waals surface area contributed by atoms with Gasteiger partial charge in [0.15, 0.2) is 0 Å². The Hall–Kier alpha value is -3.56. The maximum atomic E-state index is 6.05. The Morgan fingerprint density at radius 1 is 0.697 bits per heavy atom. The van der Waals surface area contributed by atoms with E-state index in [1.807, 2.05) is 24.3 Å². The first-order valence-corrected chi connectivity index (χ1v) is 11.6. The van der Waals surface area contributed by atoms with Gasteiger partial charge in [0.05, 0.1) is 12.6 Å². The van der Waals surface area contributed by atoms with E-state index in [1.165, 1.54) is 27.8 Å². The van der Waals surface area contributed by atoms with Gasteiger partial charge in [0, 0.05) is 13.0 Å². The summed E-state index contributed by atoms with van der Waals surface area (Å²) in [5.41, 5.74) is 6.41. The highest BCUT2D eigenvalue weighted by Gasteiger charge is 2.21. The van der Waals surface area contributed by atoms with Gasteiger partial charge in [0.25, 0.3) is 0 Å². The Balaban J connectivity index is 1.22. The second kappa shape index (κ2) is 10.4. The average Bonchev–Trinajstić information content (AvgIpc) is 2.89. The maximum absolute atomic E-state index is 6.05. The minimum absolute atomic E-state index is 0.190. The molecule has 0 aliphatic carbocycles. The molecular weight excluding hydrogens is 406 g/mol. The van der Waals surface area contributed by atoms with Crippen molar-refractivity contribution < 1.29 is 9.47 Å². The number of fused-ring (bicyclic) bond motifs is 1. The third kappa shape index (κ3) is 5.44. The van der Waals surface area contributed by atoms with E-state index in [-0.39, 0.29) is 6.04 Å². The lowest BCUT2D eigenvalue weighted by Crippen LogP contribution is -2.30. The van der Waals surface area contributed by atoms with Gasteiger partial charge in [-0.25, -0.2) is 0 Å². The van der Waals surface area contributed by atoms with Crippen LogP contribution in [0.4, 0.5) is 0 Å². The molecule has 4 aromatic rings. The normalized spacial score (nSPS) is 15.0. The molecule has 1 aliphatic rings. The Morgan fingerprint density at radius 3 is 2.15 bits per heavy atom. The quantitative estimate of drug-likeness (QED) is 0.362. The highest BCUT2D eigenvalue weighted by Crippen LogP contribution is 2.32. The molecule has 166 valence electrons. The molecular formula is C30H29NO2. The zero-order valence-electron chi connectivity index (χ0n) is 18.7. The van der Waals surface area contributed by atoms with Crippen LogP contribution < -0.4 is 14.8 Å². The molecule has 0 fully saturated rings. The van der Waals surface area contributed by atoms with Crippen LogP contribution in [0, 0.1) is 0 Å². The Morgan fingerprint density at radius 2 is 1.39 bits per heavy atom. The first kappa shape index (κ1) is 21.3. The molecule has 0 saturated heterocycles. The van der Waals surface area contributed by atoms with Gasteiger partial charge in [0.2, 0.25) is 0 Å². The fourth-order valence-electron chi connectivity index (χ4n) is 4.36. The van der Waals surface area contributed by atoms with E-state index in [2.05, 4.69) is 84.2 Å². The topological polar surface area (TPSA) is 30.5 Å². The average molecular weight is 436 g/mol. The molecule has 3 nitrogen and oxygen atoms in total. The first-order valence-electron chi connectivity index (χ1n) is 11.6. The molecule has 0 saturated carbocycles. The van der Waals surface area contributed by atoms with Crippen molar-refractivity contribution in [1.82, 2.24) is 5.32 Å². The lowest BCUT2D eigenvalue weighted by atomic mass is 9.89. The highest BCUT2D eigenvalue weighted by molar-refractivity contribution is 5.44. The summed E-state index contributed by atoms with van der Waals surface area (Å²) in [6.07, 6.45) is 1.92. The SMILES string of the molecule is c1ccc(CCOc2ccc(C3NCCc4cc(OCc5ccccc5)ccc43)cc2)cc1. The third-order valence-corrected chi connectivity index (χ3v) is 6.13. The van der Waals surface area contributed by atoms with Gasteiger partial charge < -0.3 is 14.8 Å². The van der Waals surface area contributed by atoms with Gasteiger partial charge in [-0.1, -0.05) is 78.9 Å². The van der Waals surface area contributed by atoms with Crippen molar-refractivity contribution in [3.63, 3.8) is 0 Å². The summed E-state index contributed by atoms with van der Waals surface area (Å²) in [5.74, 6) is 1.84. The fourth-order valence-corrected chi connectivity index (χ4v) is 4.36. The number of nitrogens with one attached hydrogen (secondary N) is 1. The predicted molar refractivity (Wildman–Crippen MR) is 133 cm³/mol.